The second-order valence-electron chi connectivity index (χ2n) is 14.0. The van der Waals surface area contributed by atoms with Crippen LogP contribution >= 0.6 is 0 Å². The highest BCUT2D eigenvalue weighted by molar-refractivity contribution is 6.22. The van der Waals surface area contributed by atoms with E-state index in [9.17, 15) is 9.59 Å². The molecule has 1 aromatic heterocycles. The van der Waals surface area contributed by atoms with E-state index < -0.39 is 0 Å². The lowest BCUT2D eigenvalue weighted by Crippen LogP contribution is -2.34. The minimum Gasteiger partial charge on any atom is -0.339 e. The van der Waals surface area contributed by atoms with Crippen LogP contribution in [0.3, 0.4) is 0 Å². The van der Waals surface area contributed by atoms with Gasteiger partial charge in [0.05, 0.1) is 11.0 Å². The van der Waals surface area contributed by atoms with E-state index >= 15 is 0 Å². The first-order chi connectivity index (χ1) is 22.3. The minimum atomic E-state index is 0.0620. The summed E-state index contributed by atoms with van der Waals surface area (Å²) in [5.74, 6) is 1.96. The number of aromatic nitrogens is 2. The van der Waals surface area contributed by atoms with E-state index in [-0.39, 0.29) is 11.7 Å². The Morgan fingerprint density at radius 1 is 0.826 bits per heavy atom. The number of nitrogens with one attached hydrogen (secondary N) is 1. The number of carbonyl (C=O) groups is 2. The summed E-state index contributed by atoms with van der Waals surface area (Å²) in [6.45, 7) is 14.6. The highest BCUT2D eigenvalue weighted by atomic mass is 16.2. The Hall–Kier alpha value is -3.97. The van der Waals surface area contributed by atoms with Crippen LogP contribution in [0.15, 0.2) is 60.7 Å². The minimum absolute atomic E-state index is 0.0620. The molecule has 0 bridgehead atoms. The van der Waals surface area contributed by atoms with Gasteiger partial charge in [0, 0.05) is 42.0 Å². The molecule has 0 saturated carbocycles. The zero-order valence-corrected chi connectivity index (χ0v) is 28.0. The summed E-state index contributed by atoms with van der Waals surface area (Å²) in [4.78, 5) is 36.8. The molecule has 2 heterocycles. The number of piperidine rings is 1. The van der Waals surface area contributed by atoms with Crippen molar-refractivity contribution in [2.75, 3.05) is 38.0 Å². The number of hydrogen-bond acceptors (Lipinski definition) is 5. The first-order valence-electron chi connectivity index (χ1n) is 17.4. The van der Waals surface area contributed by atoms with Gasteiger partial charge in [-0.05, 0) is 105 Å². The first kappa shape index (κ1) is 32.0. The number of fused-ring (bicyclic) bond motifs is 4. The molecular formula is C39H49N5O2. The average Bonchev–Trinajstić information content (AvgIpc) is 3.54. The summed E-state index contributed by atoms with van der Waals surface area (Å²) in [6, 6.07) is 19.8. The third-order valence-corrected chi connectivity index (χ3v) is 9.52. The summed E-state index contributed by atoms with van der Waals surface area (Å²) in [6.07, 6.45) is 6.85. The van der Waals surface area contributed by atoms with Gasteiger partial charge in [0.15, 0.2) is 5.78 Å². The Bertz CT molecular complexity index is 1690. The molecule has 0 radical (unpaired) electrons. The third kappa shape index (κ3) is 7.05. The van der Waals surface area contributed by atoms with Gasteiger partial charge < -0.3 is 19.7 Å². The van der Waals surface area contributed by atoms with Crippen molar-refractivity contribution >= 4 is 34.4 Å². The molecule has 1 amide bonds. The molecule has 7 heteroatoms. The smallest absolute Gasteiger partial charge is 0.253 e. The normalized spacial score (nSPS) is 14.7. The number of likely N-dealkylation sites (tertiary alicyclic amines) is 1. The zero-order chi connectivity index (χ0) is 32.2. The van der Waals surface area contributed by atoms with E-state index in [1.807, 2.05) is 65.6 Å². The monoisotopic (exact) mass is 619 g/mol. The molecule has 46 heavy (non-hydrogen) atoms. The van der Waals surface area contributed by atoms with Crippen LogP contribution in [-0.4, -0.2) is 63.8 Å². The molecule has 0 atom stereocenters. The fourth-order valence-corrected chi connectivity index (χ4v) is 6.77. The predicted molar refractivity (Wildman–Crippen MR) is 188 cm³/mol. The number of aryl methyl sites for hydroxylation is 1. The zero-order valence-electron chi connectivity index (χ0n) is 28.0. The summed E-state index contributed by atoms with van der Waals surface area (Å²) >= 11 is 0. The van der Waals surface area contributed by atoms with Crippen LogP contribution in [0.25, 0.3) is 22.2 Å². The van der Waals surface area contributed by atoms with Crippen LogP contribution in [0.5, 0.6) is 0 Å². The van der Waals surface area contributed by atoms with Crippen molar-refractivity contribution in [3.05, 3.63) is 77.4 Å². The molecule has 3 aromatic carbocycles. The number of rotatable bonds is 13. The van der Waals surface area contributed by atoms with Crippen molar-refractivity contribution < 1.29 is 9.59 Å². The van der Waals surface area contributed by atoms with Crippen LogP contribution in [0.1, 0.15) is 92.5 Å². The van der Waals surface area contributed by atoms with Gasteiger partial charge in [-0.1, -0.05) is 64.4 Å². The number of anilines is 2. The van der Waals surface area contributed by atoms with Gasteiger partial charge >= 0.3 is 0 Å². The lowest BCUT2D eigenvalue weighted by Gasteiger charge is -2.26. The van der Waals surface area contributed by atoms with Crippen molar-refractivity contribution in [2.45, 2.75) is 72.8 Å². The Morgan fingerprint density at radius 2 is 1.52 bits per heavy atom. The van der Waals surface area contributed by atoms with E-state index in [2.05, 4.69) is 42.5 Å². The van der Waals surface area contributed by atoms with Crippen molar-refractivity contribution in [1.82, 2.24) is 19.4 Å². The second kappa shape index (κ2) is 14.2. The number of imidazole rings is 1. The molecule has 6 rings (SSSR count). The summed E-state index contributed by atoms with van der Waals surface area (Å²) in [5, 5.41) is 3.56. The van der Waals surface area contributed by atoms with Gasteiger partial charge in [-0.2, -0.15) is 0 Å². The Kier molecular flexibility index (Phi) is 9.88. The molecule has 0 unspecified atom stereocenters. The fourth-order valence-electron chi connectivity index (χ4n) is 6.77. The van der Waals surface area contributed by atoms with E-state index in [0.717, 1.165) is 90.4 Å². The molecule has 4 aromatic rings. The van der Waals surface area contributed by atoms with Crippen LogP contribution in [0, 0.1) is 11.8 Å². The van der Waals surface area contributed by atoms with Gasteiger partial charge in [-0.3, -0.25) is 9.59 Å². The standard InChI is InChI=1S/C39H49N5O2/c1-27(2)17-23-43(24-18-28(3)4)38(46)29-13-16-35-36(25-29)44(22-10-21-42-19-8-5-9-20-42)39(41-35)40-30-14-15-32-31-11-6-7-12-33(31)37(45)34(32)26-30/h6-7,11-16,25-28H,5,8-10,17-24H2,1-4H3,(H,40,41). The van der Waals surface area contributed by atoms with Crippen molar-refractivity contribution in [3.8, 4) is 11.1 Å². The first-order valence-corrected chi connectivity index (χ1v) is 17.4. The fraction of sp³-hybridized carbons (Fsp3) is 0.462. The highest BCUT2D eigenvalue weighted by Gasteiger charge is 2.27. The van der Waals surface area contributed by atoms with Crippen LogP contribution in [0.2, 0.25) is 0 Å². The molecule has 1 N–H and O–H groups in total. The number of hydrogen-bond donors (Lipinski definition) is 1. The average molecular weight is 620 g/mol. The summed E-state index contributed by atoms with van der Waals surface area (Å²) in [5.41, 5.74) is 6.81. The van der Waals surface area contributed by atoms with Gasteiger partial charge in [-0.15, -0.1) is 0 Å². The van der Waals surface area contributed by atoms with Crippen molar-refractivity contribution in [1.29, 1.82) is 0 Å². The molecule has 1 saturated heterocycles. The highest BCUT2D eigenvalue weighted by Crippen LogP contribution is 2.38. The Balaban J connectivity index is 1.30. The maximum absolute atomic E-state index is 13.9. The number of ketones is 1. The molecule has 242 valence electrons. The van der Waals surface area contributed by atoms with Crippen LogP contribution in [0.4, 0.5) is 11.6 Å². The molecule has 1 fully saturated rings. The van der Waals surface area contributed by atoms with Crippen molar-refractivity contribution in [2.24, 2.45) is 11.8 Å². The molecule has 1 aliphatic carbocycles. The third-order valence-electron chi connectivity index (χ3n) is 9.52. The largest absolute Gasteiger partial charge is 0.339 e. The quantitative estimate of drug-likeness (QED) is 0.143. The van der Waals surface area contributed by atoms with Crippen LogP contribution in [-0.2, 0) is 6.54 Å². The Labute approximate surface area is 274 Å². The summed E-state index contributed by atoms with van der Waals surface area (Å²) in [7, 11) is 0. The number of benzene rings is 3. The predicted octanol–water partition coefficient (Wildman–Crippen LogP) is 8.40. The topological polar surface area (TPSA) is 70.5 Å². The maximum atomic E-state index is 13.9. The summed E-state index contributed by atoms with van der Waals surface area (Å²) < 4.78 is 2.23. The van der Waals surface area contributed by atoms with E-state index in [1.54, 1.807) is 0 Å². The molecule has 7 nitrogen and oxygen atoms in total. The SMILES string of the molecule is CC(C)CCN(CCC(C)C)C(=O)c1ccc2nc(Nc3ccc4c(c3)C(=O)c3ccccc3-4)n(CCCN3CCCCC3)c2c1. The molecule has 1 aliphatic heterocycles. The van der Waals surface area contributed by atoms with E-state index in [4.69, 9.17) is 4.98 Å². The second-order valence-corrected chi connectivity index (χ2v) is 14.0. The lowest BCUT2D eigenvalue weighted by atomic mass is 10.1. The molecule has 0 spiro atoms. The maximum Gasteiger partial charge on any atom is 0.253 e. The molecular weight excluding hydrogens is 570 g/mol. The van der Waals surface area contributed by atoms with Gasteiger partial charge in [0.2, 0.25) is 5.95 Å². The molecule has 2 aliphatic rings. The van der Waals surface area contributed by atoms with Gasteiger partial charge in [-0.25, -0.2) is 4.98 Å². The number of carbonyl (C=O) groups excluding carboxylic acids is 2. The number of amides is 1. The number of nitrogens with zero attached hydrogens (tertiary/aromatic N) is 4. The van der Waals surface area contributed by atoms with Gasteiger partial charge in [0.25, 0.3) is 5.91 Å². The van der Waals surface area contributed by atoms with E-state index in [1.165, 1.54) is 32.4 Å². The lowest BCUT2D eigenvalue weighted by molar-refractivity contribution is 0.0740. The van der Waals surface area contributed by atoms with E-state index in [0.29, 0.717) is 17.4 Å². The van der Waals surface area contributed by atoms with Crippen molar-refractivity contribution in [3.63, 3.8) is 0 Å². The van der Waals surface area contributed by atoms with Crippen LogP contribution < -0.4 is 5.32 Å². The Morgan fingerprint density at radius 3 is 2.24 bits per heavy atom. The van der Waals surface area contributed by atoms with Gasteiger partial charge in [0.1, 0.15) is 0 Å².